The standard InChI is InChI=1S/C13H14ClN3O3S3/c1-19-9-5-10(20-2)8(4-7(9)14)15-11(18)6-22-13-16-12(21-3)17-23-13/h4-5H,6H2,1-3H3,(H,15,18). The zero-order valence-electron chi connectivity index (χ0n) is 12.6. The fraction of sp³-hybridized carbons (Fsp3) is 0.308. The van der Waals surface area contributed by atoms with Gasteiger partial charge in [-0.05, 0) is 23.9 Å². The molecule has 6 nitrogen and oxygen atoms in total. The molecule has 1 amide bonds. The van der Waals surface area contributed by atoms with E-state index in [0.29, 0.717) is 27.4 Å². The van der Waals surface area contributed by atoms with Crippen LogP contribution in [0.4, 0.5) is 5.69 Å². The Kier molecular flexibility index (Phi) is 6.82. The second-order valence-corrected chi connectivity index (χ2v) is 7.23. The minimum Gasteiger partial charge on any atom is -0.495 e. The van der Waals surface area contributed by atoms with Crippen LogP contribution in [-0.4, -0.2) is 41.5 Å². The van der Waals surface area contributed by atoms with E-state index in [9.17, 15) is 4.79 Å². The quantitative estimate of drug-likeness (QED) is 0.722. The molecule has 10 heteroatoms. The van der Waals surface area contributed by atoms with Gasteiger partial charge in [-0.25, -0.2) is 4.98 Å². The number of carbonyl (C=O) groups is 1. The summed E-state index contributed by atoms with van der Waals surface area (Å²) in [5.74, 6) is 0.991. The summed E-state index contributed by atoms with van der Waals surface area (Å²) in [7, 11) is 3.03. The summed E-state index contributed by atoms with van der Waals surface area (Å²) in [4.78, 5) is 16.4. The molecule has 0 atom stereocenters. The number of rotatable bonds is 7. The average Bonchev–Trinajstić information content (AvgIpc) is 3.01. The molecule has 0 spiro atoms. The van der Waals surface area contributed by atoms with Gasteiger partial charge in [-0.2, -0.15) is 4.37 Å². The molecule has 0 aliphatic heterocycles. The molecule has 2 rings (SSSR count). The van der Waals surface area contributed by atoms with Crippen LogP contribution in [0.15, 0.2) is 21.6 Å². The molecule has 1 heterocycles. The van der Waals surface area contributed by atoms with Crippen LogP contribution in [0.5, 0.6) is 11.5 Å². The summed E-state index contributed by atoms with van der Waals surface area (Å²) in [6, 6.07) is 3.22. The van der Waals surface area contributed by atoms with Crippen LogP contribution in [-0.2, 0) is 4.79 Å². The SMILES string of the molecule is COc1cc(OC)c(NC(=O)CSc2nc(SC)ns2)cc1Cl. The van der Waals surface area contributed by atoms with Crippen molar-refractivity contribution in [3.05, 3.63) is 17.2 Å². The fourth-order valence-corrected chi connectivity index (χ4v) is 3.86. The van der Waals surface area contributed by atoms with Crippen LogP contribution in [0.3, 0.4) is 0 Å². The minimum absolute atomic E-state index is 0.185. The lowest BCUT2D eigenvalue weighted by molar-refractivity contribution is -0.113. The van der Waals surface area contributed by atoms with Crippen molar-refractivity contribution >= 4 is 58.3 Å². The average molecular weight is 392 g/mol. The lowest BCUT2D eigenvalue weighted by Gasteiger charge is -2.12. The van der Waals surface area contributed by atoms with Crippen LogP contribution in [0.2, 0.25) is 5.02 Å². The van der Waals surface area contributed by atoms with E-state index in [0.717, 1.165) is 4.34 Å². The molecule has 0 radical (unpaired) electrons. The number of hydrogen-bond donors (Lipinski definition) is 1. The number of anilines is 1. The van der Waals surface area contributed by atoms with E-state index in [2.05, 4.69) is 14.7 Å². The minimum atomic E-state index is -0.185. The summed E-state index contributed by atoms with van der Waals surface area (Å²) in [6.07, 6.45) is 1.91. The van der Waals surface area contributed by atoms with Gasteiger partial charge in [0, 0.05) is 6.07 Å². The number of thioether (sulfide) groups is 2. The number of aromatic nitrogens is 2. The molecule has 1 aromatic carbocycles. The van der Waals surface area contributed by atoms with Crippen molar-refractivity contribution in [1.29, 1.82) is 0 Å². The van der Waals surface area contributed by atoms with Crippen molar-refractivity contribution in [3.63, 3.8) is 0 Å². The van der Waals surface area contributed by atoms with Crippen LogP contribution in [0.25, 0.3) is 0 Å². The third-order valence-corrected chi connectivity index (χ3v) is 5.44. The van der Waals surface area contributed by atoms with Gasteiger partial charge in [0.1, 0.15) is 11.5 Å². The first-order valence-corrected chi connectivity index (χ1v) is 9.65. The van der Waals surface area contributed by atoms with Crippen molar-refractivity contribution in [2.24, 2.45) is 0 Å². The van der Waals surface area contributed by atoms with Gasteiger partial charge in [-0.15, -0.1) is 0 Å². The summed E-state index contributed by atoms with van der Waals surface area (Å²) in [5, 5.41) is 3.87. The van der Waals surface area contributed by atoms with Gasteiger partial charge in [0.25, 0.3) is 0 Å². The zero-order valence-corrected chi connectivity index (χ0v) is 15.8. The molecule has 0 saturated heterocycles. The molecule has 1 aromatic heterocycles. The number of amides is 1. The van der Waals surface area contributed by atoms with Crippen LogP contribution in [0, 0.1) is 0 Å². The molecule has 0 aliphatic rings. The first-order valence-electron chi connectivity index (χ1n) is 6.29. The first-order chi connectivity index (χ1) is 11.1. The van der Waals surface area contributed by atoms with Gasteiger partial charge in [0.05, 0.1) is 30.7 Å². The molecule has 1 N–H and O–H groups in total. The molecule has 0 aliphatic carbocycles. The maximum absolute atomic E-state index is 12.1. The third kappa shape index (κ3) is 4.90. The van der Waals surface area contributed by atoms with Crippen molar-refractivity contribution in [2.75, 3.05) is 31.5 Å². The molecular weight excluding hydrogens is 378 g/mol. The monoisotopic (exact) mass is 391 g/mol. The Morgan fingerprint density at radius 1 is 1.35 bits per heavy atom. The van der Waals surface area contributed by atoms with Crippen molar-refractivity contribution in [3.8, 4) is 11.5 Å². The Morgan fingerprint density at radius 2 is 2.09 bits per heavy atom. The van der Waals surface area contributed by atoms with Gasteiger partial charge in [-0.3, -0.25) is 4.79 Å². The lowest BCUT2D eigenvalue weighted by atomic mass is 10.2. The summed E-state index contributed by atoms with van der Waals surface area (Å²) in [5.41, 5.74) is 0.492. The molecule has 0 fully saturated rings. The summed E-state index contributed by atoms with van der Waals surface area (Å²) < 4.78 is 15.3. The predicted octanol–water partition coefficient (Wildman–Crippen LogP) is 3.66. The number of nitrogens with zero attached hydrogens (tertiary/aromatic N) is 2. The molecule has 0 bridgehead atoms. The van der Waals surface area contributed by atoms with E-state index >= 15 is 0 Å². The number of benzene rings is 1. The van der Waals surface area contributed by atoms with E-state index < -0.39 is 0 Å². The Hall–Kier alpha value is -1.16. The molecule has 0 saturated carbocycles. The molecular formula is C13H14ClN3O3S3. The third-order valence-electron chi connectivity index (χ3n) is 2.65. The normalized spacial score (nSPS) is 10.4. The summed E-state index contributed by atoms with van der Waals surface area (Å²) in [6.45, 7) is 0. The first kappa shape index (κ1) is 18.2. The molecule has 23 heavy (non-hydrogen) atoms. The molecule has 2 aromatic rings. The van der Waals surface area contributed by atoms with E-state index in [4.69, 9.17) is 21.1 Å². The highest BCUT2D eigenvalue weighted by atomic mass is 35.5. The van der Waals surface area contributed by atoms with Gasteiger partial charge >= 0.3 is 0 Å². The Bertz CT molecular complexity index is 696. The van der Waals surface area contributed by atoms with E-state index in [1.165, 1.54) is 49.3 Å². The Morgan fingerprint density at radius 3 is 2.70 bits per heavy atom. The van der Waals surface area contributed by atoms with E-state index in [1.807, 2.05) is 6.26 Å². The lowest BCUT2D eigenvalue weighted by Crippen LogP contribution is -2.14. The van der Waals surface area contributed by atoms with Gasteiger partial charge in [-0.1, -0.05) is 35.1 Å². The number of ether oxygens (including phenoxy) is 2. The maximum atomic E-state index is 12.1. The topological polar surface area (TPSA) is 73.3 Å². The smallest absolute Gasteiger partial charge is 0.234 e. The van der Waals surface area contributed by atoms with Crippen molar-refractivity contribution in [2.45, 2.75) is 9.50 Å². The molecule has 0 unspecified atom stereocenters. The summed E-state index contributed by atoms with van der Waals surface area (Å²) >= 11 is 10.2. The second-order valence-electron chi connectivity index (χ2n) is 4.07. The van der Waals surface area contributed by atoms with E-state index in [1.54, 1.807) is 12.1 Å². The van der Waals surface area contributed by atoms with Crippen molar-refractivity contribution in [1.82, 2.24) is 9.36 Å². The van der Waals surface area contributed by atoms with Crippen LogP contribution < -0.4 is 14.8 Å². The molecule has 124 valence electrons. The van der Waals surface area contributed by atoms with Crippen LogP contribution in [0.1, 0.15) is 0 Å². The van der Waals surface area contributed by atoms with Gasteiger partial charge < -0.3 is 14.8 Å². The highest BCUT2D eigenvalue weighted by Gasteiger charge is 2.13. The number of halogens is 1. The maximum Gasteiger partial charge on any atom is 0.234 e. The Balaban J connectivity index is 2.00. The van der Waals surface area contributed by atoms with Crippen molar-refractivity contribution < 1.29 is 14.3 Å². The van der Waals surface area contributed by atoms with Gasteiger partial charge in [0.2, 0.25) is 11.1 Å². The highest BCUT2D eigenvalue weighted by Crippen LogP contribution is 2.36. The van der Waals surface area contributed by atoms with E-state index in [-0.39, 0.29) is 11.7 Å². The highest BCUT2D eigenvalue weighted by molar-refractivity contribution is 8.01. The fourth-order valence-electron chi connectivity index (χ4n) is 1.61. The predicted molar refractivity (Wildman–Crippen MR) is 95.6 cm³/mol. The second kappa shape index (κ2) is 8.62. The number of methoxy groups -OCH3 is 2. The Labute approximate surface area is 151 Å². The number of carbonyl (C=O) groups excluding carboxylic acids is 1. The van der Waals surface area contributed by atoms with Gasteiger partial charge in [0.15, 0.2) is 4.34 Å². The number of nitrogens with one attached hydrogen (secondary N) is 1. The number of hydrogen-bond acceptors (Lipinski definition) is 8. The zero-order chi connectivity index (χ0) is 16.8. The van der Waals surface area contributed by atoms with Crippen LogP contribution >= 0.6 is 46.7 Å². The largest absolute Gasteiger partial charge is 0.495 e.